The van der Waals surface area contributed by atoms with E-state index < -0.39 is 5.91 Å². The van der Waals surface area contributed by atoms with E-state index in [0.717, 1.165) is 37.9 Å². The second-order valence-corrected chi connectivity index (χ2v) is 10.3. The van der Waals surface area contributed by atoms with Gasteiger partial charge in [-0.2, -0.15) is 5.10 Å². The van der Waals surface area contributed by atoms with Gasteiger partial charge >= 0.3 is 0 Å². The van der Waals surface area contributed by atoms with Crippen molar-refractivity contribution in [1.82, 2.24) is 19.7 Å². The average Bonchev–Trinajstić information content (AvgIpc) is 3.66. The maximum Gasteiger partial charge on any atom is 0.271 e. The number of hydrogen-bond donors (Lipinski definition) is 2. The lowest BCUT2D eigenvalue weighted by molar-refractivity contribution is 0.0944. The first-order chi connectivity index (χ1) is 17.9. The average molecular weight is 502 g/mol. The van der Waals surface area contributed by atoms with Gasteiger partial charge in [0, 0.05) is 37.3 Å². The number of amides is 1. The number of rotatable bonds is 10. The number of anilines is 3. The summed E-state index contributed by atoms with van der Waals surface area (Å²) in [5.41, 5.74) is 8.51. The van der Waals surface area contributed by atoms with E-state index in [1.54, 1.807) is 12.4 Å². The second kappa shape index (κ2) is 10.7. The summed E-state index contributed by atoms with van der Waals surface area (Å²) >= 11 is 0. The molecule has 0 unspecified atom stereocenters. The Labute approximate surface area is 217 Å². The van der Waals surface area contributed by atoms with Crippen LogP contribution >= 0.6 is 0 Å². The van der Waals surface area contributed by atoms with Crippen molar-refractivity contribution in [2.75, 3.05) is 16.8 Å². The van der Waals surface area contributed by atoms with Crippen LogP contribution in [0.5, 0.6) is 0 Å². The molecule has 0 spiro atoms. The number of nitrogens with two attached hydrogens (primary N) is 1. The van der Waals surface area contributed by atoms with Crippen LogP contribution < -0.4 is 16.0 Å². The summed E-state index contributed by atoms with van der Waals surface area (Å²) in [4.78, 5) is 36.4. The van der Waals surface area contributed by atoms with Crippen molar-refractivity contribution < 1.29 is 9.59 Å². The van der Waals surface area contributed by atoms with Crippen molar-refractivity contribution in [3.8, 4) is 0 Å². The SMILES string of the molecule is CCCn1cc(Nc2nc(N3CCC[C@@H](CC(=O)c4ccc(C5CC5)cc4)[C@H]3C)cnc2C(N)=O)cn1. The highest BCUT2D eigenvalue weighted by Crippen LogP contribution is 2.40. The Balaban J connectivity index is 1.31. The van der Waals surface area contributed by atoms with E-state index in [4.69, 9.17) is 10.7 Å². The van der Waals surface area contributed by atoms with Gasteiger partial charge in [-0.25, -0.2) is 9.97 Å². The zero-order chi connectivity index (χ0) is 25.9. The standard InChI is InChI=1S/C28H35N7O2/c1-3-12-34-17-23(15-31-34)32-28-26(27(29)37)30-16-25(33-28)35-13-4-5-22(18(35)2)14-24(36)21-10-8-20(9-11-21)19-6-7-19/h8-11,15-19,22H,3-7,12-14H2,1-2H3,(H2,29,37)(H,32,33)/t18-,22+/m1/s1. The minimum absolute atomic E-state index is 0.0815. The molecule has 2 atom stereocenters. The quantitative estimate of drug-likeness (QED) is 0.387. The smallest absolute Gasteiger partial charge is 0.271 e. The lowest BCUT2D eigenvalue weighted by atomic mass is 9.85. The molecule has 1 aromatic carbocycles. The third-order valence-corrected chi connectivity index (χ3v) is 7.51. The summed E-state index contributed by atoms with van der Waals surface area (Å²) < 4.78 is 1.83. The van der Waals surface area contributed by atoms with E-state index in [1.807, 2.05) is 23.0 Å². The molecule has 194 valence electrons. The number of carbonyl (C=O) groups is 2. The number of nitrogens with zero attached hydrogens (tertiary/aromatic N) is 5. The van der Waals surface area contributed by atoms with Crippen LogP contribution in [-0.4, -0.2) is 44.0 Å². The van der Waals surface area contributed by atoms with Gasteiger partial charge in [-0.3, -0.25) is 14.3 Å². The molecule has 3 heterocycles. The Morgan fingerprint density at radius 2 is 1.92 bits per heavy atom. The van der Waals surface area contributed by atoms with Gasteiger partial charge in [-0.1, -0.05) is 31.2 Å². The first-order valence-electron chi connectivity index (χ1n) is 13.3. The number of primary amides is 1. The number of hydrogen-bond acceptors (Lipinski definition) is 7. The van der Waals surface area contributed by atoms with Crippen LogP contribution in [0.2, 0.25) is 0 Å². The van der Waals surface area contributed by atoms with Crippen LogP contribution in [0.3, 0.4) is 0 Å². The van der Waals surface area contributed by atoms with E-state index in [1.165, 1.54) is 18.4 Å². The highest BCUT2D eigenvalue weighted by atomic mass is 16.1. The largest absolute Gasteiger partial charge is 0.364 e. The molecule has 2 aliphatic rings. The minimum Gasteiger partial charge on any atom is -0.364 e. The lowest BCUT2D eigenvalue weighted by Gasteiger charge is -2.40. The van der Waals surface area contributed by atoms with Gasteiger partial charge in [0.15, 0.2) is 17.3 Å². The number of benzene rings is 1. The van der Waals surface area contributed by atoms with E-state index in [0.29, 0.717) is 29.7 Å². The molecule has 0 bridgehead atoms. The van der Waals surface area contributed by atoms with Crippen LogP contribution in [0, 0.1) is 5.92 Å². The zero-order valence-electron chi connectivity index (χ0n) is 21.6. The molecular weight excluding hydrogens is 466 g/mol. The van der Waals surface area contributed by atoms with E-state index in [9.17, 15) is 9.59 Å². The highest BCUT2D eigenvalue weighted by Gasteiger charge is 2.31. The first kappa shape index (κ1) is 24.9. The lowest BCUT2D eigenvalue weighted by Crippen LogP contribution is -2.44. The molecule has 0 radical (unpaired) electrons. The fourth-order valence-corrected chi connectivity index (χ4v) is 5.23. The molecule has 2 aromatic heterocycles. The molecular formula is C28H35N7O2. The van der Waals surface area contributed by atoms with Crippen LogP contribution in [0.25, 0.3) is 0 Å². The van der Waals surface area contributed by atoms with Crippen molar-refractivity contribution in [3.63, 3.8) is 0 Å². The van der Waals surface area contributed by atoms with Gasteiger partial charge in [0.05, 0.1) is 18.1 Å². The van der Waals surface area contributed by atoms with Gasteiger partial charge in [0.2, 0.25) is 0 Å². The number of Topliss-reactive ketones (excluding diaryl/α,β-unsaturated/α-hetero) is 1. The van der Waals surface area contributed by atoms with Crippen LogP contribution in [0.4, 0.5) is 17.3 Å². The number of aryl methyl sites for hydroxylation is 1. The minimum atomic E-state index is -0.648. The maximum absolute atomic E-state index is 13.1. The molecule has 1 aliphatic carbocycles. The Bertz CT molecular complexity index is 1270. The molecule has 1 aliphatic heterocycles. The van der Waals surface area contributed by atoms with Gasteiger partial charge < -0.3 is 16.0 Å². The second-order valence-electron chi connectivity index (χ2n) is 10.3. The van der Waals surface area contributed by atoms with Crippen molar-refractivity contribution in [3.05, 3.63) is 59.7 Å². The van der Waals surface area contributed by atoms with Gasteiger partial charge in [-0.05, 0) is 56.4 Å². The predicted octanol–water partition coefficient (Wildman–Crippen LogP) is 4.68. The Hall–Kier alpha value is -3.75. The molecule has 1 saturated heterocycles. The summed E-state index contributed by atoms with van der Waals surface area (Å²) in [6.45, 7) is 5.83. The molecule has 3 aromatic rings. The maximum atomic E-state index is 13.1. The Kier molecular flexibility index (Phi) is 7.21. The Morgan fingerprint density at radius 3 is 2.62 bits per heavy atom. The number of carbonyl (C=O) groups excluding carboxylic acids is 2. The summed E-state index contributed by atoms with van der Waals surface area (Å²) in [5.74, 6) is 1.39. The number of ketones is 1. The summed E-state index contributed by atoms with van der Waals surface area (Å²) in [6.07, 6.45) is 11.1. The fraction of sp³-hybridized carbons (Fsp3) is 0.464. The fourth-order valence-electron chi connectivity index (χ4n) is 5.23. The number of aromatic nitrogens is 4. The molecule has 9 nitrogen and oxygen atoms in total. The van der Waals surface area contributed by atoms with Crippen LogP contribution in [0.15, 0.2) is 42.9 Å². The predicted molar refractivity (Wildman–Crippen MR) is 143 cm³/mol. The molecule has 1 amide bonds. The topological polar surface area (TPSA) is 119 Å². The summed E-state index contributed by atoms with van der Waals surface area (Å²) in [5, 5.41) is 7.50. The highest BCUT2D eigenvalue weighted by molar-refractivity contribution is 5.97. The molecule has 3 N–H and O–H groups in total. The number of nitrogens with one attached hydrogen (secondary N) is 1. The molecule has 5 rings (SSSR count). The van der Waals surface area contributed by atoms with Crippen molar-refractivity contribution in [2.45, 2.75) is 70.9 Å². The molecule has 37 heavy (non-hydrogen) atoms. The van der Waals surface area contributed by atoms with Crippen LogP contribution in [0.1, 0.15) is 84.7 Å². The molecule has 9 heteroatoms. The third-order valence-electron chi connectivity index (χ3n) is 7.51. The van der Waals surface area contributed by atoms with Gasteiger partial charge in [0.1, 0.15) is 5.82 Å². The van der Waals surface area contributed by atoms with E-state index in [-0.39, 0.29) is 23.4 Å². The molecule has 2 fully saturated rings. The van der Waals surface area contributed by atoms with Gasteiger partial charge in [0.25, 0.3) is 5.91 Å². The van der Waals surface area contributed by atoms with Gasteiger partial charge in [-0.15, -0.1) is 0 Å². The van der Waals surface area contributed by atoms with Crippen molar-refractivity contribution in [1.29, 1.82) is 0 Å². The Morgan fingerprint density at radius 1 is 1.14 bits per heavy atom. The van der Waals surface area contributed by atoms with E-state index in [2.05, 4.69) is 46.3 Å². The molecule has 1 saturated carbocycles. The normalized spacial score (nSPS) is 19.6. The first-order valence-corrected chi connectivity index (χ1v) is 13.3. The number of piperidine rings is 1. The summed E-state index contributed by atoms with van der Waals surface area (Å²) in [6, 6.07) is 8.28. The third kappa shape index (κ3) is 5.65. The van der Waals surface area contributed by atoms with E-state index >= 15 is 0 Å². The van der Waals surface area contributed by atoms with Crippen molar-refractivity contribution >= 4 is 29.0 Å². The van der Waals surface area contributed by atoms with Crippen molar-refractivity contribution in [2.24, 2.45) is 11.7 Å². The summed E-state index contributed by atoms with van der Waals surface area (Å²) in [7, 11) is 0. The zero-order valence-corrected chi connectivity index (χ0v) is 21.6. The monoisotopic (exact) mass is 501 g/mol. The van der Waals surface area contributed by atoms with Crippen LogP contribution in [-0.2, 0) is 6.54 Å².